The van der Waals surface area contributed by atoms with Gasteiger partial charge in [-0.15, -0.1) is 0 Å². The summed E-state index contributed by atoms with van der Waals surface area (Å²) in [6.45, 7) is 0. The lowest BCUT2D eigenvalue weighted by atomic mass is 9.99. The van der Waals surface area contributed by atoms with Gasteiger partial charge in [0.05, 0.1) is 17.3 Å². The normalized spacial score (nSPS) is 11.4. The maximum Gasteiger partial charge on any atom is 0.0999 e. The van der Waals surface area contributed by atoms with Crippen molar-refractivity contribution in [2.45, 2.75) is 6.04 Å². The zero-order valence-corrected chi connectivity index (χ0v) is 17.1. The summed E-state index contributed by atoms with van der Waals surface area (Å²) in [5.41, 5.74) is 6.47. The van der Waals surface area contributed by atoms with Crippen LogP contribution < -0.4 is 0 Å². The first-order chi connectivity index (χ1) is 15.4. The number of aliphatic imine (C=N–C) groups is 1. The predicted molar refractivity (Wildman–Crippen MR) is 130 cm³/mol. The number of pyridine rings is 1. The Hall–Kier alpha value is -4.04. The number of benzene rings is 4. The van der Waals surface area contributed by atoms with Gasteiger partial charge in [-0.2, -0.15) is 0 Å². The molecule has 0 bridgehead atoms. The molecule has 0 aliphatic rings. The molecule has 0 N–H and O–H groups in total. The van der Waals surface area contributed by atoms with E-state index in [1.807, 2.05) is 36.5 Å². The molecule has 1 heterocycles. The maximum atomic E-state index is 4.97. The number of hydrogen-bond donors (Lipinski definition) is 0. The quantitative estimate of drug-likeness (QED) is 0.290. The SMILES string of the molecule is C(=N\C(c1ccccc1)c1ccccc1)/c1ccc2ccc(-c3ccccc3)nc2c1. The van der Waals surface area contributed by atoms with Crippen molar-refractivity contribution in [1.29, 1.82) is 0 Å². The van der Waals surface area contributed by atoms with Gasteiger partial charge in [0.25, 0.3) is 0 Å². The molecule has 0 fully saturated rings. The Balaban J connectivity index is 1.50. The summed E-state index contributed by atoms with van der Waals surface area (Å²) in [7, 11) is 0. The van der Waals surface area contributed by atoms with Crippen molar-refractivity contribution in [2.75, 3.05) is 0 Å². The Morgan fingerprint density at radius 2 is 1.19 bits per heavy atom. The van der Waals surface area contributed by atoms with Crippen LogP contribution in [0.2, 0.25) is 0 Å². The lowest BCUT2D eigenvalue weighted by Gasteiger charge is -2.13. The molecule has 4 aromatic carbocycles. The van der Waals surface area contributed by atoms with Gasteiger partial charge >= 0.3 is 0 Å². The van der Waals surface area contributed by atoms with E-state index in [1.165, 1.54) is 11.1 Å². The second kappa shape index (κ2) is 8.76. The van der Waals surface area contributed by atoms with E-state index in [9.17, 15) is 0 Å². The fraction of sp³-hybridized carbons (Fsp3) is 0.0345. The summed E-state index contributed by atoms with van der Waals surface area (Å²) in [5.74, 6) is 0. The lowest BCUT2D eigenvalue weighted by molar-refractivity contribution is 0.878. The standard InChI is InChI=1S/C29H22N2/c1-4-10-23(11-5-1)27-19-18-24-17-16-22(20-28(24)31-27)21-30-29(25-12-6-2-7-13-25)26-14-8-3-9-15-26/h1-21,29H/b30-21+. The van der Waals surface area contributed by atoms with Crippen molar-refractivity contribution in [2.24, 2.45) is 4.99 Å². The van der Waals surface area contributed by atoms with E-state index in [4.69, 9.17) is 9.98 Å². The van der Waals surface area contributed by atoms with Crippen molar-refractivity contribution in [3.8, 4) is 11.3 Å². The third-order valence-electron chi connectivity index (χ3n) is 5.39. The number of rotatable bonds is 5. The smallest absolute Gasteiger partial charge is 0.0999 e. The topological polar surface area (TPSA) is 25.2 Å². The average molecular weight is 399 g/mol. The minimum absolute atomic E-state index is 0.0401. The Morgan fingerprint density at radius 3 is 1.84 bits per heavy atom. The minimum atomic E-state index is -0.0401. The molecule has 0 radical (unpaired) electrons. The van der Waals surface area contributed by atoms with Gasteiger partial charge in [-0.3, -0.25) is 4.99 Å². The van der Waals surface area contributed by atoms with Crippen LogP contribution in [0.25, 0.3) is 22.2 Å². The highest BCUT2D eigenvalue weighted by atomic mass is 14.8. The molecule has 1 aromatic heterocycles. The summed E-state index contributed by atoms with van der Waals surface area (Å²) in [5, 5.41) is 1.12. The van der Waals surface area contributed by atoms with Crippen LogP contribution in [-0.4, -0.2) is 11.2 Å². The van der Waals surface area contributed by atoms with Gasteiger partial charge in [-0.05, 0) is 28.8 Å². The highest BCUT2D eigenvalue weighted by Crippen LogP contribution is 2.26. The molecule has 0 aliphatic heterocycles. The molecule has 0 amide bonds. The number of aromatic nitrogens is 1. The van der Waals surface area contributed by atoms with Gasteiger partial charge in [-0.1, -0.05) is 109 Å². The van der Waals surface area contributed by atoms with E-state index in [0.717, 1.165) is 27.7 Å². The second-order valence-corrected chi connectivity index (χ2v) is 7.52. The Labute approximate surface area is 182 Å². The number of nitrogens with zero attached hydrogens (tertiary/aromatic N) is 2. The summed E-state index contributed by atoms with van der Waals surface area (Å²) < 4.78 is 0. The van der Waals surface area contributed by atoms with Crippen LogP contribution in [0.1, 0.15) is 22.7 Å². The van der Waals surface area contributed by atoms with Gasteiger partial charge in [0.2, 0.25) is 0 Å². The van der Waals surface area contributed by atoms with Gasteiger partial charge in [0, 0.05) is 17.2 Å². The highest BCUT2D eigenvalue weighted by Gasteiger charge is 2.11. The summed E-state index contributed by atoms with van der Waals surface area (Å²) in [6, 6.07) is 41.6. The average Bonchev–Trinajstić information content (AvgIpc) is 2.85. The Morgan fingerprint density at radius 1 is 0.613 bits per heavy atom. The lowest BCUT2D eigenvalue weighted by Crippen LogP contribution is -1.99. The summed E-state index contributed by atoms with van der Waals surface area (Å²) in [4.78, 5) is 9.86. The van der Waals surface area contributed by atoms with Crippen molar-refractivity contribution >= 4 is 17.1 Å². The van der Waals surface area contributed by atoms with Crippen molar-refractivity contribution in [1.82, 2.24) is 4.98 Å². The first kappa shape index (κ1) is 19.0. The van der Waals surface area contributed by atoms with Crippen LogP contribution in [0.15, 0.2) is 126 Å². The predicted octanol–water partition coefficient (Wildman–Crippen LogP) is 7.11. The van der Waals surface area contributed by atoms with Crippen LogP contribution >= 0.6 is 0 Å². The molecule has 5 aromatic rings. The van der Waals surface area contributed by atoms with E-state index in [0.29, 0.717) is 0 Å². The molecular weight excluding hydrogens is 376 g/mol. The van der Waals surface area contributed by atoms with Crippen molar-refractivity contribution < 1.29 is 0 Å². The molecule has 5 rings (SSSR count). The molecule has 148 valence electrons. The van der Waals surface area contributed by atoms with Gasteiger partial charge in [0.15, 0.2) is 0 Å². The van der Waals surface area contributed by atoms with Crippen LogP contribution in [-0.2, 0) is 0 Å². The van der Waals surface area contributed by atoms with E-state index in [-0.39, 0.29) is 6.04 Å². The molecule has 0 spiro atoms. The second-order valence-electron chi connectivity index (χ2n) is 7.52. The molecule has 0 aliphatic carbocycles. The summed E-state index contributed by atoms with van der Waals surface area (Å²) in [6.07, 6.45) is 1.96. The van der Waals surface area contributed by atoms with Crippen LogP contribution in [0.5, 0.6) is 0 Å². The maximum absolute atomic E-state index is 4.97. The van der Waals surface area contributed by atoms with Crippen LogP contribution in [0, 0.1) is 0 Å². The van der Waals surface area contributed by atoms with Crippen molar-refractivity contribution in [3.63, 3.8) is 0 Å². The third-order valence-corrected chi connectivity index (χ3v) is 5.39. The van der Waals surface area contributed by atoms with Gasteiger partial charge < -0.3 is 0 Å². The Bertz CT molecular complexity index is 1270. The first-order valence-corrected chi connectivity index (χ1v) is 10.5. The molecule has 0 saturated carbocycles. The molecule has 2 heteroatoms. The summed E-state index contributed by atoms with van der Waals surface area (Å²) >= 11 is 0. The van der Waals surface area contributed by atoms with Gasteiger partial charge in [-0.25, -0.2) is 4.98 Å². The first-order valence-electron chi connectivity index (χ1n) is 10.5. The van der Waals surface area contributed by atoms with E-state index < -0.39 is 0 Å². The van der Waals surface area contributed by atoms with Crippen LogP contribution in [0.3, 0.4) is 0 Å². The zero-order valence-electron chi connectivity index (χ0n) is 17.1. The fourth-order valence-electron chi connectivity index (χ4n) is 3.78. The molecule has 0 saturated heterocycles. The largest absolute Gasteiger partial charge is 0.280 e. The van der Waals surface area contributed by atoms with E-state index >= 15 is 0 Å². The molecule has 0 atom stereocenters. The molecule has 0 unspecified atom stereocenters. The molecule has 31 heavy (non-hydrogen) atoms. The number of hydrogen-bond acceptors (Lipinski definition) is 2. The van der Waals surface area contributed by atoms with Gasteiger partial charge in [0.1, 0.15) is 0 Å². The fourth-order valence-corrected chi connectivity index (χ4v) is 3.78. The minimum Gasteiger partial charge on any atom is -0.280 e. The van der Waals surface area contributed by atoms with E-state index in [1.54, 1.807) is 0 Å². The van der Waals surface area contributed by atoms with E-state index in [2.05, 4.69) is 91.0 Å². The highest BCUT2D eigenvalue weighted by molar-refractivity contribution is 5.89. The zero-order chi connectivity index (χ0) is 20.9. The Kier molecular flexibility index (Phi) is 5.36. The van der Waals surface area contributed by atoms with Crippen LogP contribution in [0.4, 0.5) is 0 Å². The molecule has 2 nitrogen and oxygen atoms in total. The molecular formula is C29H22N2. The number of fused-ring (bicyclic) bond motifs is 1. The monoisotopic (exact) mass is 398 g/mol. The third kappa shape index (κ3) is 4.29. The van der Waals surface area contributed by atoms with Crippen molar-refractivity contribution in [3.05, 3.63) is 138 Å².